The largest absolute Gasteiger partial charge is 0.489 e. The first kappa shape index (κ1) is 54.0. The molecule has 20 heteroatoms. The number of aromatic amines is 1. The number of hydrogen-bond acceptors (Lipinski definition) is 12. The van der Waals surface area contributed by atoms with Gasteiger partial charge in [0.05, 0.1) is 6.54 Å². The summed E-state index contributed by atoms with van der Waals surface area (Å²) in [4.78, 5) is 111. The summed E-state index contributed by atoms with van der Waals surface area (Å²) in [5.41, 5.74) is 9.75. The van der Waals surface area contributed by atoms with Crippen molar-refractivity contribution in [3.05, 3.63) is 138 Å². The minimum absolute atomic E-state index is 0.00156. The molecular formula is C57H69N11O9. The molecule has 4 fully saturated rings. The van der Waals surface area contributed by atoms with Crippen LogP contribution in [0.15, 0.2) is 115 Å². The molecule has 0 unspecified atom stereocenters. The molecule has 4 saturated heterocycles. The summed E-state index contributed by atoms with van der Waals surface area (Å²) in [7, 11) is 0. The number of nitrogens with one attached hydrogen (secondary N) is 7. The lowest BCUT2D eigenvalue weighted by atomic mass is 10.0. The van der Waals surface area contributed by atoms with Crippen LogP contribution in [0.5, 0.6) is 5.75 Å². The van der Waals surface area contributed by atoms with Crippen LogP contribution >= 0.6 is 0 Å². The summed E-state index contributed by atoms with van der Waals surface area (Å²) in [6.07, 6.45) is 1.14. The molecule has 406 valence electrons. The number of rotatable bonds is 15. The van der Waals surface area contributed by atoms with Crippen molar-refractivity contribution in [1.82, 2.24) is 51.6 Å². The third kappa shape index (κ3) is 14.0. The Morgan fingerprint density at radius 3 is 2.06 bits per heavy atom. The number of H-pyrrole nitrogens is 1. The summed E-state index contributed by atoms with van der Waals surface area (Å²) >= 11 is 0. The van der Waals surface area contributed by atoms with Crippen LogP contribution in [0.4, 0.5) is 4.79 Å². The average Bonchev–Trinajstić information content (AvgIpc) is 4.24. The van der Waals surface area contributed by atoms with E-state index >= 15 is 19.2 Å². The number of nitrogens with two attached hydrogens (primary N) is 1. The Kier molecular flexibility index (Phi) is 18.1. The predicted molar refractivity (Wildman–Crippen MR) is 287 cm³/mol. The number of benzene rings is 4. The van der Waals surface area contributed by atoms with Crippen LogP contribution in [-0.4, -0.2) is 162 Å². The standard InChI is InChI=1S/C57H69N11O9/c58-23-24-60-57(75)77-42-32-50-54(72)62-45(22-19-37-10-3-1-4-11-37)51(69)63-46(31-40-33-61-44-15-8-7-14-43(40)44)52(70)65-48(35-66-28-25-59-26-29-66)53(71)64-47(55(73)67-27-9-16-49(67)56(74)68(50)34-42)30-38-17-20-41(21-18-38)76-36-39-12-5-2-6-13-39/h1-8,10-15,17-18,20-21,33,42,45-50,59,61H,9,16,19,22-32,34-36,58H2,(H,60,75)(H,62,72)(H,63,69)(H,64,71)(H,65,70)/t42-,45+,46-,47+,48+,49+,50+/m1/s1. The van der Waals surface area contributed by atoms with Crippen molar-refractivity contribution in [2.75, 3.05) is 58.9 Å². The number of carbonyl (C=O) groups excluding carboxylic acids is 7. The fourth-order valence-corrected chi connectivity index (χ4v) is 10.7. The average molecular weight is 1050 g/mol. The number of hydrogen-bond donors (Lipinski definition) is 8. The second-order valence-electron chi connectivity index (χ2n) is 20.2. The third-order valence-electron chi connectivity index (χ3n) is 14.8. The molecule has 7 atom stereocenters. The van der Waals surface area contributed by atoms with Gasteiger partial charge in [0.1, 0.15) is 54.7 Å². The summed E-state index contributed by atoms with van der Waals surface area (Å²) in [6, 6.07) is 26.8. The number of piperazine rings is 1. The molecule has 20 nitrogen and oxygen atoms in total. The maximum absolute atomic E-state index is 15.3. The number of amides is 7. The minimum atomic E-state index is -1.27. The molecule has 5 heterocycles. The molecule has 0 bridgehead atoms. The lowest BCUT2D eigenvalue weighted by molar-refractivity contribution is -0.148. The lowest BCUT2D eigenvalue weighted by Gasteiger charge is -2.35. The third-order valence-corrected chi connectivity index (χ3v) is 14.8. The molecule has 4 aliphatic rings. The summed E-state index contributed by atoms with van der Waals surface area (Å²) in [6.45, 7) is 3.20. The van der Waals surface area contributed by atoms with Gasteiger partial charge in [0.15, 0.2) is 0 Å². The van der Waals surface area contributed by atoms with Crippen molar-refractivity contribution in [3.8, 4) is 5.75 Å². The molecule has 9 rings (SSSR count). The van der Waals surface area contributed by atoms with E-state index in [-0.39, 0.29) is 64.8 Å². The predicted octanol–water partition coefficient (Wildman–Crippen LogP) is 1.67. The molecule has 4 aromatic carbocycles. The van der Waals surface area contributed by atoms with Gasteiger partial charge in [-0.05, 0) is 66.1 Å². The van der Waals surface area contributed by atoms with Crippen LogP contribution < -0.4 is 42.4 Å². The Balaban J connectivity index is 1.08. The van der Waals surface area contributed by atoms with Crippen LogP contribution in [0.1, 0.15) is 47.9 Å². The van der Waals surface area contributed by atoms with E-state index in [4.69, 9.17) is 15.2 Å². The van der Waals surface area contributed by atoms with Gasteiger partial charge in [-0.15, -0.1) is 0 Å². The summed E-state index contributed by atoms with van der Waals surface area (Å²) < 4.78 is 11.8. The zero-order valence-electron chi connectivity index (χ0n) is 43.1. The van der Waals surface area contributed by atoms with Gasteiger partial charge in [-0.2, -0.15) is 0 Å². The Labute approximate surface area is 447 Å². The van der Waals surface area contributed by atoms with E-state index < -0.39 is 83.9 Å². The molecule has 7 amide bonds. The Morgan fingerprint density at radius 1 is 0.649 bits per heavy atom. The molecule has 9 N–H and O–H groups in total. The number of aryl methyl sites for hydroxylation is 1. The Bertz CT molecular complexity index is 2850. The van der Waals surface area contributed by atoms with Crippen LogP contribution in [0, 0.1) is 0 Å². The highest BCUT2D eigenvalue weighted by Crippen LogP contribution is 2.29. The number of para-hydroxylation sites is 1. The monoisotopic (exact) mass is 1050 g/mol. The molecule has 77 heavy (non-hydrogen) atoms. The van der Waals surface area contributed by atoms with E-state index in [9.17, 15) is 14.4 Å². The number of aromatic nitrogens is 1. The zero-order chi connectivity index (χ0) is 53.7. The quantitative estimate of drug-likeness (QED) is 0.0745. The van der Waals surface area contributed by atoms with E-state index in [0.29, 0.717) is 56.9 Å². The van der Waals surface area contributed by atoms with E-state index in [1.165, 1.54) is 9.80 Å². The lowest BCUT2D eigenvalue weighted by Crippen LogP contribution is -2.63. The summed E-state index contributed by atoms with van der Waals surface area (Å²) in [5, 5.41) is 18.7. The molecule has 0 aliphatic carbocycles. The highest BCUT2D eigenvalue weighted by molar-refractivity contribution is 5.99. The van der Waals surface area contributed by atoms with Gasteiger partial charge >= 0.3 is 6.09 Å². The molecule has 5 aromatic rings. The van der Waals surface area contributed by atoms with Crippen molar-refractivity contribution in [2.24, 2.45) is 5.73 Å². The van der Waals surface area contributed by atoms with Gasteiger partial charge in [-0.25, -0.2) is 4.79 Å². The first-order valence-corrected chi connectivity index (χ1v) is 26.7. The maximum Gasteiger partial charge on any atom is 0.407 e. The fraction of sp³-hybridized carbons (Fsp3) is 0.421. The zero-order valence-corrected chi connectivity index (χ0v) is 43.1. The number of alkyl carbamates (subject to hydrolysis) is 1. The number of fused-ring (bicyclic) bond motifs is 3. The Morgan fingerprint density at radius 2 is 1.31 bits per heavy atom. The van der Waals surface area contributed by atoms with Gasteiger partial charge in [0, 0.05) is 88.7 Å². The van der Waals surface area contributed by atoms with Crippen molar-refractivity contribution in [3.63, 3.8) is 0 Å². The number of ether oxygens (including phenoxy) is 2. The van der Waals surface area contributed by atoms with E-state index in [1.54, 1.807) is 18.3 Å². The topological polar surface area (TPSA) is 262 Å². The molecule has 1 aromatic heterocycles. The van der Waals surface area contributed by atoms with Crippen LogP contribution in [0.25, 0.3) is 10.9 Å². The highest BCUT2D eigenvalue weighted by Gasteiger charge is 2.48. The first-order chi connectivity index (χ1) is 37.5. The van der Waals surface area contributed by atoms with Crippen molar-refractivity contribution in [2.45, 2.75) is 93.9 Å². The van der Waals surface area contributed by atoms with Crippen LogP contribution in [0.3, 0.4) is 0 Å². The first-order valence-electron chi connectivity index (χ1n) is 26.7. The van der Waals surface area contributed by atoms with Crippen molar-refractivity contribution < 1.29 is 43.0 Å². The SMILES string of the molecule is NCCNC(=O)O[C@@H]1C[C@H]2C(=O)N[C@@H](CCc3ccccc3)C(=O)N[C@H](Cc3c[nH]c4ccccc34)C(=O)N[C@@H](CN3CCNCC3)C(=O)N[C@@H](Cc3ccc(OCc4ccccc4)cc3)C(=O)N3CCC[C@H]3C(=O)N2C1. The van der Waals surface area contributed by atoms with Crippen molar-refractivity contribution in [1.29, 1.82) is 0 Å². The van der Waals surface area contributed by atoms with Gasteiger partial charge in [0.25, 0.3) is 0 Å². The smallest absolute Gasteiger partial charge is 0.407 e. The molecule has 0 radical (unpaired) electrons. The second-order valence-corrected chi connectivity index (χ2v) is 20.2. The number of carbonyl (C=O) groups is 7. The van der Waals surface area contributed by atoms with Gasteiger partial charge in [0.2, 0.25) is 35.4 Å². The second kappa shape index (κ2) is 25.8. The van der Waals surface area contributed by atoms with E-state index in [2.05, 4.69) is 41.8 Å². The summed E-state index contributed by atoms with van der Waals surface area (Å²) in [5.74, 6) is -3.07. The molecular weight excluding hydrogens is 983 g/mol. The Hall–Kier alpha value is -7.81. The van der Waals surface area contributed by atoms with Crippen LogP contribution in [-0.2, 0) is 59.4 Å². The van der Waals surface area contributed by atoms with Crippen LogP contribution in [0.2, 0.25) is 0 Å². The van der Waals surface area contributed by atoms with Gasteiger partial charge in [-0.3, -0.25) is 33.7 Å². The normalized spacial score (nSPS) is 23.9. The molecule has 0 saturated carbocycles. The van der Waals surface area contributed by atoms with Gasteiger partial charge < -0.3 is 61.9 Å². The highest BCUT2D eigenvalue weighted by atomic mass is 16.6. The van der Waals surface area contributed by atoms with Gasteiger partial charge in [-0.1, -0.05) is 91.0 Å². The van der Waals surface area contributed by atoms with E-state index in [0.717, 1.165) is 27.6 Å². The van der Waals surface area contributed by atoms with E-state index in [1.807, 2.05) is 97.1 Å². The fourth-order valence-electron chi connectivity index (χ4n) is 10.7. The number of nitrogens with zero attached hydrogens (tertiary/aromatic N) is 3. The minimum Gasteiger partial charge on any atom is -0.489 e. The molecule has 4 aliphatic heterocycles. The molecule has 0 spiro atoms. The maximum atomic E-state index is 15.3. The van der Waals surface area contributed by atoms with Crippen molar-refractivity contribution >= 4 is 52.4 Å².